The highest BCUT2D eigenvalue weighted by Crippen LogP contribution is 2.21. The van der Waals surface area contributed by atoms with Gasteiger partial charge in [-0.25, -0.2) is 4.39 Å². The summed E-state index contributed by atoms with van der Waals surface area (Å²) in [6.07, 6.45) is 1.91. The highest BCUT2D eigenvalue weighted by Gasteiger charge is 2.33. The first-order chi connectivity index (χ1) is 12.2. The summed E-state index contributed by atoms with van der Waals surface area (Å²) < 4.78 is 13.3. The Kier molecular flexibility index (Phi) is 5.66. The van der Waals surface area contributed by atoms with Crippen molar-refractivity contribution >= 4 is 22.7 Å². The van der Waals surface area contributed by atoms with Crippen LogP contribution >= 0.6 is 0 Å². The molecule has 26 heavy (non-hydrogen) atoms. The minimum atomic E-state index is -1.04. The number of aromatic amines is 1. The van der Waals surface area contributed by atoms with E-state index in [4.69, 9.17) is 0 Å². The van der Waals surface area contributed by atoms with Gasteiger partial charge in [-0.1, -0.05) is 13.8 Å². The standard InChI is InChI=1S/C19H23FN4O2/c1-11(2)19(4,10-21)24-18(26)17(23-12(3)25)7-13-9-22-16-8-14(20)5-6-15(13)16/h5-6,8-9,11,17,22H,7H2,1-4H3,(H,23,25)(H,24,26). The van der Waals surface area contributed by atoms with Gasteiger partial charge in [0.2, 0.25) is 11.8 Å². The minimum Gasteiger partial charge on any atom is -0.361 e. The third kappa shape index (κ3) is 4.20. The molecular formula is C19H23FN4O2. The zero-order chi connectivity index (χ0) is 19.5. The molecule has 0 aliphatic heterocycles. The first kappa shape index (κ1) is 19.4. The smallest absolute Gasteiger partial charge is 0.244 e. The predicted octanol–water partition coefficient (Wildman–Crippen LogP) is 2.41. The van der Waals surface area contributed by atoms with E-state index < -0.39 is 17.5 Å². The topological polar surface area (TPSA) is 97.8 Å². The van der Waals surface area contributed by atoms with Gasteiger partial charge in [0, 0.05) is 30.4 Å². The molecule has 2 aromatic rings. The number of carbonyl (C=O) groups is 2. The fourth-order valence-corrected chi connectivity index (χ4v) is 2.65. The van der Waals surface area contributed by atoms with E-state index in [1.54, 1.807) is 19.2 Å². The summed E-state index contributed by atoms with van der Waals surface area (Å²) in [7, 11) is 0. The second-order valence-electron chi connectivity index (χ2n) is 6.92. The van der Waals surface area contributed by atoms with Crippen molar-refractivity contribution in [1.29, 1.82) is 5.26 Å². The van der Waals surface area contributed by atoms with Crippen LogP contribution in [0.3, 0.4) is 0 Å². The van der Waals surface area contributed by atoms with E-state index in [-0.39, 0.29) is 24.1 Å². The maximum absolute atomic E-state index is 13.3. The lowest BCUT2D eigenvalue weighted by Crippen LogP contribution is -2.56. The lowest BCUT2D eigenvalue weighted by atomic mass is 9.89. The summed E-state index contributed by atoms with van der Waals surface area (Å²) in [5.74, 6) is -1.25. The average molecular weight is 358 g/mol. The van der Waals surface area contributed by atoms with Crippen molar-refractivity contribution in [1.82, 2.24) is 15.6 Å². The second-order valence-corrected chi connectivity index (χ2v) is 6.92. The molecule has 1 aromatic carbocycles. The number of amides is 2. The number of H-pyrrole nitrogens is 1. The van der Waals surface area contributed by atoms with Crippen molar-refractivity contribution in [2.24, 2.45) is 5.92 Å². The first-order valence-corrected chi connectivity index (χ1v) is 8.42. The molecule has 0 fully saturated rings. The minimum absolute atomic E-state index is 0.106. The Labute approximate surface area is 151 Å². The number of fused-ring (bicyclic) bond motifs is 1. The molecule has 0 aliphatic rings. The van der Waals surface area contributed by atoms with Crippen LogP contribution in [0.4, 0.5) is 4.39 Å². The Morgan fingerprint density at radius 2 is 2.08 bits per heavy atom. The number of rotatable bonds is 6. The van der Waals surface area contributed by atoms with Crippen molar-refractivity contribution in [3.8, 4) is 6.07 Å². The molecule has 0 bridgehead atoms. The number of benzene rings is 1. The number of carbonyl (C=O) groups excluding carboxylic acids is 2. The summed E-state index contributed by atoms with van der Waals surface area (Å²) in [4.78, 5) is 27.2. The summed E-state index contributed by atoms with van der Waals surface area (Å²) in [5.41, 5.74) is 0.347. The van der Waals surface area contributed by atoms with Gasteiger partial charge >= 0.3 is 0 Å². The normalized spacial score (nSPS) is 14.5. The number of halogens is 1. The van der Waals surface area contributed by atoms with E-state index >= 15 is 0 Å². The van der Waals surface area contributed by atoms with Gasteiger partial charge < -0.3 is 15.6 Å². The van der Waals surface area contributed by atoms with Crippen LogP contribution in [0.2, 0.25) is 0 Å². The Bertz CT molecular complexity index is 868. The van der Waals surface area contributed by atoms with Crippen LogP contribution in [0.15, 0.2) is 24.4 Å². The highest BCUT2D eigenvalue weighted by molar-refractivity contribution is 5.89. The molecule has 1 heterocycles. The summed E-state index contributed by atoms with van der Waals surface area (Å²) in [6.45, 7) is 6.65. The Balaban J connectivity index is 2.28. The largest absolute Gasteiger partial charge is 0.361 e. The predicted molar refractivity (Wildman–Crippen MR) is 96.6 cm³/mol. The van der Waals surface area contributed by atoms with Crippen LogP contribution in [0.1, 0.15) is 33.3 Å². The van der Waals surface area contributed by atoms with Crippen LogP contribution in [-0.4, -0.2) is 28.4 Å². The lowest BCUT2D eigenvalue weighted by Gasteiger charge is -2.29. The van der Waals surface area contributed by atoms with Gasteiger partial charge in [0.1, 0.15) is 17.4 Å². The molecule has 0 saturated heterocycles. The molecule has 2 unspecified atom stereocenters. The van der Waals surface area contributed by atoms with E-state index in [2.05, 4.69) is 21.7 Å². The molecular weight excluding hydrogens is 335 g/mol. The number of hydrogen-bond donors (Lipinski definition) is 3. The van der Waals surface area contributed by atoms with Crippen LogP contribution in [-0.2, 0) is 16.0 Å². The van der Waals surface area contributed by atoms with E-state index in [1.165, 1.54) is 19.1 Å². The van der Waals surface area contributed by atoms with Gasteiger partial charge in [-0.2, -0.15) is 5.26 Å². The lowest BCUT2D eigenvalue weighted by molar-refractivity contribution is -0.129. The van der Waals surface area contributed by atoms with Crippen molar-refractivity contribution in [3.05, 3.63) is 35.8 Å². The molecule has 2 amide bonds. The van der Waals surface area contributed by atoms with Crippen LogP contribution in [0.5, 0.6) is 0 Å². The molecule has 2 rings (SSSR count). The van der Waals surface area contributed by atoms with Gasteiger partial charge in [0.15, 0.2) is 0 Å². The SMILES string of the molecule is CC(=O)NC(Cc1c[nH]c2cc(F)ccc12)C(=O)NC(C)(C#N)C(C)C. The molecule has 138 valence electrons. The number of nitrogens with zero attached hydrogens (tertiary/aromatic N) is 1. The van der Waals surface area contributed by atoms with Gasteiger partial charge in [-0.05, 0) is 36.6 Å². The van der Waals surface area contributed by atoms with Crippen molar-refractivity contribution in [2.45, 2.75) is 45.7 Å². The second kappa shape index (κ2) is 7.56. The van der Waals surface area contributed by atoms with E-state index in [0.717, 1.165) is 10.9 Å². The zero-order valence-electron chi connectivity index (χ0n) is 15.3. The number of nitrogens with one attached hydrogen (secondary N) is 3. The molecule has 0 aliphatic carbocycles. The van der Waals surface area contributed by atoms with E-state index in [0.29, 0.717) is 5.52 Å². The van der Waals surface area contributed by atoms with Crippen molar-refractivity contribution in [2.75, 3.05) is 0 Å². The van der Waals surface area contributed by atoms with Crippen molar-refractivity contribution < 1.29 is 14.0 Å². The van der Waals surface area contributed by atoms with Gasteiger partial charge in [0.25, 0.3) is 0 Å². The van der Waals surface area contributed by atoms with E-state index in [1.807, 2.05) is 13.8 Å². The van der Waals surface area contributed by atoms with E-state index in [9.17, 15) is 19.2 Å². The van der Waals surface area contributed by atoms with Crippen LogP contribution in [0, 0.1) is 23.1 Å². The zero-order valence-corrected chi connectivity index (χ0v) is 15.3. The summed E-state index contributed by atoms with van der Waals surface area (Å²) in [5, 5.41) is 15.5. The maximum atomic E-state index is 13.3. The third-order valence-electron chi connectivity index (χ3n) is 4.62. The Hall–Kier alpha value is -2.88. The molecule has 0 radical (unpaired) electrons. The number of aromatic nitrogens is 1. The van der Waals surface area contributed by atoms with Gasteiger partial charge in [-0.3, -0.25) is 9.59 Å². The molecule has 3 N–H and O–H groups in total. The molecule has 6 nitrogen and oxygen atoms in total. The fraction of sp³-hybridized carbons (Fsp3) is 0.421. The van der Waals surface area contributed by atoms with Crippen LogP contribution in [0.25, 0.3) is 10.9 Å². The number of hydrogen-bond acceptors (Lipinski definition) is 3. The van der Waals surface area contributed by atoms with Gasteiger partial charge in [-0.15, -0.1) is 0 Å². The average Bonchev–Trinajstić information content (AvgIpc) is 2.95. The summed E-state index contributed by atoms with van der Waals surface area (Å²) >= 11 is 0. The van der Waals surface area contributed by atoms with Gasteiger partial charge in [0.05, 0.1) is 6.07 Å². The summed E-state index contributed by atoms with van der Waals surface area (Å²) in [6, 6.07) is 5.63. The van der Waals surface area contributed by atoms with Crippen molar-refractivity contribution in [3.63, 3.8) is 0 Å². The quantitative estimate of drug-likeness (QED) is 0.739. The fourth-order valence-electron chi connectivity index (χ4n) is 2.65. The Morgan fingerprint density at radius 1 is 1.38 bits per heavy atom. The highest BCUT2D eigenvalue weighted by atomic mass is 19.1. The Morgan fingerprint density at radius 3 is 2.65 bits per heavy atom. The maximum Gasteiger partial charge on any atom is 0.244 e. The molecule has 0 spiro atoms. The molecule has 7 heteroatoms. The first-order valence-electron chi connectivity index (χ1n) is 8.42. The monoisotopic (exact) mass is 358 g/mol. The molecule has 0 saturated carbocycles. The molecule has 2 atom stereocenters. The van der Waals surface area contributed by atoms with Crippen LogP contribution < -0.4 is 10.6 Å². The number of nitriles is 1. The molecule has 1 aromatic heterocycles. The third-order valence-corrected chi connectivity index (χ3v) is 4.62.